The topological polar surface area (TPSA) is 79.2 Å². The molecule has 0 saturated heterocycles. The number of rotatable bonds is 6. The lowest BCUT2D eigenvalue weighted by Gasteiger charge is -2.04. The number of hydrogen-bond donors (Lipinski definition) is 3. The Morgan fingerprint density at radius 3 is 2.30 bits per heavy atom. The molecule has 0 rings (SSSR count). The summed E-state index contributed by atoms with van der Waals surface area (Å²) in [6.45, 7) is -1.18. The number of aliphatic hydroxyl groups excluding tert-OH is 2. The van der Waals surface area contributed by atoms with E-state index in [1.54, 1.807) is 0 Å². The predicted octanol–water partition coefficient (Wildman–Crippen LogP) is -1.72. The van der Waals surface area contributed by atoms with Gasteiger partial charge in [-0.2, -0.15) is 0 Å². The van der Waals surface area contributed by atoms with E-state index in [1.165, 1.54) is 0 Å². The third-order valence-corrected chi connectivity index (χ3v) is 0.730. The Balaban J connectivity index is 2.77. The Morgan fingerprint density at radius 2 is 1.80 bits per heavy atom. The van der Waals surface area contributed by atoms with Crippen LogP contribution in [0.15, 0.2) is 0 Å². The van der Waals surface area contributed by atoms with Gasteiger partial charge in [0.05, 0.1) is 26.4 Å². The van der Waals surface area contributed by atoms with Crippen LogP contribution in [0, 0.1) is 0 Å². The van der Waals surface area contributed by atoms with Gasteiger partial charge in [0.2, 0.25) is 0 Å². The van der Waals surface area contributed by atoms with Crippen molar-refractivity contribution >= 4 is 0 Å². The maximum absolute atomic E-state index is 8.21. The molecule has 0 atom stereocenters. The van der Waals surface area contributed by atoms with Crippen LogP contribution in [0.25, 0.3) is 0 Å². The van der Waals surface area contributed by atoms with Gasteiger partial charge in [-0.1, -0.05) is 0 Å². The SMILES string of the molecule is OCCOCCOC(O)O. The van der Waals surface area contributed by atoms with Gasteiger partial charge in [0.25, 0.3) is 6.48 Å². The Hall–Kier alpha value is -0.200. The van der Waals surface area contributed by atoms with Gasteiger partial charge >= 0.3 is 0 Å². The molecule has 0 aromatic carbocycles. The first-order chi connectivity index (χ1) is 4.77. The standard InChI is InChI=1S/C5H12O5/c6-1-2-9-3-4-10-5(7)8/h5-8H,1-4H2. The highest BCUT2D eigenvalue weighted by Crippen LogP contribution is 1.80. The lowest BCUT2D eigenvalue weighted by molar-refractivity contribution is -0.238. The van der Waals surface area contributed by atoms with Gasteiger partial charge in [-0.25, -0.2) is 0 Å². The summed E-state index contributed by atoms with van der Waals surface area (Å²) in [7, 11) is 0. The first kappa shape index (κ1) is 9.80. The van der Waals surface area contributed by atoms with E-state index in [0.717, 1.165) is 0 Å². The fourth-order valence-electron chi connectivity index (χ4n) is 0.379. The van der Waals surface area contributed by atoms with Crippen LogP contribution in [-0.2, 0) is 9.47 Å². The molecule has 0 aliphatic rings. The fourth-order valence-corrected chi connectivity index (χ4v) is 0.379. The molecule has 62 valence electrons. The molecule has 0 amide bonds. The van der Waals surface area contributed by atoms with E-state index in [1.807, 2.05) is 0 Å². The average molecular weight is 152 g/mol. The maximum atomic E-state index is 8.21. The molecular formula is C5H12O5. The third kappa shape index (κ3) is 7.80. The van der Waals surface area contributed by atoms with Crippen LogP contribution < -0.4 is 0 Å². The van der Waals surface area contributed by atoms with Crippen molar-refractivity contribution in [3.8, 4) is 0 Å². The number of hydrogen-bond acceptors (Lipinski definition) is 5. The highest BCUT2D eigenvalue weighted by molar-refractivity contribution is 4.28. The van der Waals surface area contributed by atoms with Crippen molar-refractivity contribution in [2.24, 2.45) is 0 Å². The molecule has 0 spiro atoms. The van der Waals surface area contributed by atoms with E-state index in [4.69, 9.17) is 20.1 Å². The van der Waals surface area contributed by atoms with E-state index in [2.05, 4.69) is 4.74 Å². The highest BCUT2D eigenvalue weighted by Gasteiger charge is 1.94. The van der Waals surface area contributed by atoms with Gasteiger partial charge in [-0.3, -0.25) is 0 Å². The van der Waals surface area contributed by atoms with Crippen LogP contribution >= 0.6 is 0 Å². The van der Waals surface area contributed by atoms with Crippen molar-refractivity contribution in [3.63, 3.8) is 0 Å². The molecule has 10 heavy (non-hydrogen) atoms. The molecule has 3 N–H and O–H groups in total. The molecule has 0 heterocycles. The summed E-state index contributed by atoms with van der Waals surface area (Å²) in [6, 6.07) is 0. The number of aliphatic hydroxyl groups is 3. The largest absolute Gasteiger partial charge is 0.394 e. The number of ether oxygens (including phenoxy) is 2. The molecule has 0 saturated carbocycles. The molecular weight excluding hydrogens is 140 g/mol. The Bertz CT molecular complexity index is 65.1. The van der Waals surface area contributed by atoms with Crippen LogP contribution in [0.1, 0.15) is 0 Å². The highest BCUT2D eigenvalue weighted by atomic mass is 16.7. The van der Waals surface area contributed by atoms with E-state index in [0.29, 0.717) is 0 Å². The summed E-state index contributed by atoms with van der Waals surface area (Å²) in [5.41, 5.74) is 0. The van der Waals surface area contributed by atoms with Gasteiger partial charge in [0.1, 0.15) is 0 Å². The van der Waals surface area contributed by atoms with Gasteiger partial charge < -0.3 is 24.8 Å². The minimum Gasteiger partial charge on any atom is -0.394 e. The Morgan fingerprint density at radius 1 is 1.10 bits per heavy atom. The van der Waals surface area contributed by atoms with Crippen molar-refractivity contribution in [2.45, 2.75) is 6.48 Å². The Labute approximate surface area is 58.8 Å². The molecule has 0 radical (unpaired) electrons. The zero-order valence-electron chi connectivity index (χ0n) is 5.56. The third-order valence-electron chi connectivity index (χ3n) is 0.730. The van der Waals surface area contributed by atoms with Gasteiger partial charge in [-0.05, 0) is 0 Å². The normalized spacial score (nSPS) is 10.8. The molecule has 0 bridgehead atoms. The van der Waals surface area contributed by atoms with Gasteiger partial charge in [-0.15, -0.1) is 0 Å². The lowest BCUT2D eigenvalue weighted by atomic mass is 10.7. The Kier molecular flexibility index (Phi) is 6.78. The molecule has 0 aliphatic carbocycles. The zero-order valence-corrected chi connectivity index (χ0v) is 5.56. The summed E-state index contributed by atoms with van der Waals surface area (Å²) in [4.78, 5) is 0. The molecule has 0 unspecified atom stereocenters. The van der Waals surface area contributed by atoms with Crippen molar-refractivity contribution in [3.05, 3.63) is 0 Å². The summed E-state index contributed by atoms with van der Waals surface area (Å²) in [5.74, 6) is 0. The van der Waals surface area contributed by atoms with E-state index >= 15 is 0 Å². The second-order valence-electron chi connectivity index (χ2n) is 1.53. The molecule has 0 aliphatic heterocycles. The molecule has 5 nitrogen and oxygen atoms in total. The van der Waals surface area contributed by atoms with Gasteiger partial charge in [0.15, 0.2) is 0 Å². The lowest BCUT2D eigenvalue weighted by Crippen LogP contribution is -2.15. The summed E-state index contributed by atoms with van der Waals surface area (Å²) in [6.07, 6.45) is 0. The predicted molar refractivity (Wildman–Crippen MR) is 32.1 cm³/mol. The van der Waals surface area contributed by atoms with Crippen LogP contribution in [-0.4, -0.2) is 48.2 Å². The van der Waals surface area contributed by atoms with Crippen LogP contribution in [0.4, 0.5) is 0 Å². The monoisotopic (exact) mass is 152 g/mol. The van der Waals surface area contributed by atoms with Crippen LogP contribution in [0.2, 0.25) is 0 Å². The van der Waals surface area contributed by atoms with Crippen molar-refractivity contribution in [2.75, 3.05) is 26.4 Å². The minimum absolute atomic E-state index is 0.0400. The van der Waals surface area contributed by atoms with E-state index < -0.39 is 6.48 Å². The molecule has 0 aromatic rings. The molecule has 0 aromatic heterocycles. The smallest absolute Gasteiger partial charge is 0.266 e. The molecule has 0 fully saturated rings. The van der Waals surface area contributed by atoms with Crippen molar-refractivity contribution < 1.29 is 24.8 Å². The second kappa shape index (κ2) is 6.91. The van der Waals surface area contributed by atoms with Crippen molar-refractivity contribution in [1.82, 2.24) is 0 Å². The zero-order chi connectivity index (χ0) is 7.82. The fraction of sp³-hybridized carbons (Fsp3) is 1.00. The maximum Gasteiger partial charge on any atom is 0.266 e. The quantitative estimate of drug-likeness (QED) is 0.311. The summed E-state index contributed by atoms with van der Waals surface area (Å²) in [5, 5.41) is 24.5. The van der Waals surface area contributed by atoms with Crippen LogP contribution in [0.3, 0.4) is 0 Å². The minimum atomic E-state index is -1.74. The summed E-state index contributed by atoms with van der Waals surface area (Å²) < 4.78 is 9.03. The van der Waals surface area contributed by atoms with E-state index in [-0.39, 0.29) is 26.4 Å². The average Bonchev–Trinajstić information content (AvgIpc) is 1.87. The second-order valence-corrected chi connectivity index (χ2v) is 1.53. The first-order valence-electron chi connectivity index (χ1n) is 2.93. The van der Waals surface area contributed by atoms with Crippen molar-refractivity contribution in [1.29, 1.82) is 0 Å². The first-order valence-corrected chi connectivity index (χ1v) is 2.93. The van der Waals surface area contributed by atoms with Crippen LogP contribution in [0.5, 0.6) is 0 Å². The molecule has 5 heteroatoms. The van der Waals surface area contributed by atoms with Gasteiger partial charge in [0, 0.05) is 0 Å². The van der Waals surface area contributed by atoms with E-state index in [9.17, 15) is 0 Å². The summed E-state index contributed by atoms with van der Waals surface area (Å²) >= 11 is 0.